The van der Waals surface area contributed by atoms with Crippen LogP contribution in [0.25, 0.3) is 0 Å². The van der Waals surface area contributed by atoms with Crippen LogP contribution in [0.1, 0.15) is 29.5 Å². The maximum absolute atomic E-state index is 11.8. The molecule has 0 spiro atoms. The average molecular weight is 428 g/mol. The SMILES string of the molecule is COC(=O)NCc1cccc(CNC(=O)OCCCOC(=O)CCc2ccccc2)c1. The molecule has 0 bridgehead atoms. The highest BCUT2D eigenvalue weighted by Crippen LogP contribution is 2.06. The molecule has 2 amide bonds. The number of aryl methyl sites for hydroxylation is 1. The van der Waals surface area contributed by atoms with Crippen LogP contribution in [-0.4, -0.2) is 38.5 Å². The predicted octanol–water partition coefficient (Wildman–Crippen LogP) is 3.33. The van der Waals surface area contributed by atoms with Gasteiger partial charge in [-0.05, 0) is 23.1 Å². The summed E-state index contributed by atoms with van der Waals surface area (Å²) in [5.74, 6) is -0.269. The molecule has 2 N–H and O–H groups in total. The van der Waals surface area contributed by atoms with E-state index in [2.05, 4.69) is 15.4 Å². The highest BCUT2D eigenvalue weighted by Gasteiger charge is 2.06. The number of rotatable bonds is 11. The second kappa shape index (κ2) is 13.6. The topological polar surface area (TPSA) is 103 Å². The van der Waals surface area contributed by atoms with Crippen molar-refractivity contribution < 1.29 is 28.6 Å². The zero-order valence-corrected chi connectivity index (χ0v) is 17.6. The summed E-state index contributed by atoms with van der Waals surface area (Å²) in [6.07, 6.45) is 0.333. The van der Waals surface area contributed by atoms with Crippen LogP contribution in [0.5, 0.6) is 0 Å². The summed E-state index contributed by atoms with van der Waals surface area (Å²) in [6, 6.07) is 17.2. The number of hydrogen-bond donors (Lipinski definition) is 2. The van der Waals surface area contributed by atoms with Crippen molar-refractivity contribution in [1.82, 2.24) is 10.6 Å². The van der Waals surface area contributed by atoms with Gasteiger partial charge in [0.25, 0.3) is 0 Å². The van der Waals surface area contributed by atoms with Crippen molar-refractivity contribution in [2.24, 2.45) is 0 Å². The Morgan fingerprint density at radius 1 is 0.774 bits per heavy atom. The normalized spacial score (nSPS) is 10.1. The molecular weight excluding hydrogens is 400 g/mol. The van der Waals surface area contributed by atoms with E-state index >= 15 is 0 Å². The third-order valence-electron chi connectivity index (χ3n) is 4.30. The quantitative estimate of drug-likeness (QED) is 0.323. The molecule has 2 aromatic rings. The first-order valence-corrected chi connectivity index (χ1v) is 10.1. The highest BCUT2D eigenvalue weighted by molar-refractivity contribution is 5.69. The molecule has 2 rings (SSSR count). The fourth-order valence-electron chi connectivity index (χ4n) is 2.69. The first-order chi connectivity index (χ1) is 15.1. The van der Waals surface area contributed by atoms with Crippen molar-refractivity contribution in [2.75, 3.05) is 20.3 Å². The Kier molecular flexibility index (Phi) is 10.4. The van der Waals surface area contributed by atoms with Gasteiger partial charge in [-0.15, -0.1) is 0 Å². The second-order valence-electron chi connectivity index (χ2n) is 6.71. The number of amides is 2. The molecule has 0 saturated heterocycles. The van der Waals surface area contributed by atoms with E-state index in [-0.39, 0.29) is 19.2 Å². The van der Waals surface area contributed by atoms with Crippen LogP contribution in [0.4, 0.5) is 9.59 Å². The fraction of sp³-hybridized carbons (Fsp3) is 0.348. The van der Waals surface area contributed by atoms with Crippen LogP contribution < -0.4 is 10.6 Å². The summed E-state index contributed by atoms with van der Waals surface area (Å²) in [5.41, 5.74) is 2.84. The molecule has 8 heteroatoms. The molecule has 0 aliphatic heterocycles. The molecule has 0 aromatic heterocycles. The van der Waals surface area contributed by atoms with Gasteiger partial charge in [0.15, 0.2) is 0 Å². The average Bonchev–Trinajstić information content (AvgIpc) is 2.80. The van der Waals surface area contributed by atoms with Gasteiger partial charge < -0.3 is 24.8 Å². The third kappa shape index (κ3) is 10.2. The second-order valence-corrected chi connectivity index (χ2v) is 6.71. The van der Waals surface area contributed by atoms with Crippen molar-refractivity contribution >= 4 is 18.2 Å². The van der Waals surface area contributed by atoms with Crippen LogP contribution in [0.3, 0.4) is 0 Å². The number of esters is 1. The number of nitrogens with one attached hydrogen (secondary N) is 2. The summed E-state index contributed by atoms with van der Waals surface area (Å²) in [5, 5.41) is 5.25. The number of carbonyl (C=O) groups excluding carboxylic acids is 3. The van der Waals surface area contributed by atoms with Crippen molar-refractivity contribution in [3.63, 3.8) is 0 Å². The monoisotopic (exact) mass is 428 g/mol. The summed E-state index contributed by atoms with van der Waals surface area (Å²) in [6.45, 7) is 0.978. The lowest BCUT2D eigenvalue weighted by Gasteiger charge is -2.09. The van der Waals surface area contributed by atoms with Crippen molar-refractivity contribution in [2.45, 2.75) is 32.4 Å². The van der Waals surface area contributed by atoms with Crippen molar-refractivity contribution in [1.29, 1.82) is 0 Å². The lowest BCUT2D eigenvalue weighted by molar-refractivity contribution is -0.143. The van der Waals surface area contributed by atoms with Gasteiger partial charge in [-0.3, -0.25) is 4.79 Å². The number of alkyl carbamates (subject to hydrolysis) is 2. The van der Waals surface area contributed by atoms with Crippen LogP contribution in [0.15, 0.2) is 54.6 Å². The molecule has 0 radical (unpaired) electrons. The Bertz CT molecular complexity index is 841. The van der Waals surface area contributed by atoms with E-state index in [0.717, 1.165) is 16.7 Å². The Morgan fingerprint density at radius 2 is 1.39 bits per heavy atom. The zero-order chi connectivity index (χ0) is 22.3. The Hall–Kier alpha value is -3.55. The van der Waals surface area contributed by atoms with E-state index in [0.29, 0.717) is 32.4 Å². The minimum atomic E-state index is -0.548. The molecule has 166 valence electrons. The zero-order valence-electron chi connectivity index (χ0n) is 17.6. The van der Waals surface area contributed by atoms with E-state index in [1.54, 1.807) is 0 Å². The maximum atomic E-state index is 11.8. The van der Waals surface area contributed by atoms with Crippen LogP contribution in [0.2, 0.25) is 0 Å². The summed E-state index contributed by atoms with van der Waals surface area (Å²) in [7, 11) is 1.30. The van der Waals surface area contributed by atoms with Gasteiger partial charge in [0.05, 0.1) is 20.3 Å². The number of methoxy groups -OCH3 is 1. The van der Waals surface area contributed by atoms with Gasteiger partial charge in [-0.25, -0.2) is 9.59 Å². The van der Waals surface area contributed by atoms with Crippen LogP contribution in [-0.2, 0) is 38.5 Å². The van der Waals surface area contributed by atoms with Crippen molar-refractivity contribution in [3.8, 4) is 0 Å². The minimum absolute atomic E-state index is 0.154. The van der Waals surface area contributed by atoms with E-state index in [1.165, 1.54) is 7.11 Å². The summed E-state index contributed by atoms with van der Waals surface area (Å²) < 4.78 is 14.8. The van der Waals surface area contributed by atoms with E-state index in [1.807, 2.05) is 54.6 Å². The first kappa shape index (κ1) is 23.7. The van der Waals surface area contributed by atoms with Crippen LogP contribution >= 0.6 is 0 Å². The smallest absolute Gasteiger partial charge is 0.407 e. The molecule has 0 saturated carbocycles. The minimum Gasteiger partial charge on any atom is -0.466 e. The Morgan fingerprint density at radius 3 is 2.06 bits per heavy atom. The molecule has 0 heterocycles. The van der Waals surface area contributed by atoms with Crippen LogP contribution in [0, 0.1) is 0 Å². The van der Waals surface area contributed by atoms with Gasteiger partial charge in [-0.2, -0.15) is 0 Å². The lowest BCUT2D eigenvalue weighted by Crippen LogP contribution is -2.25. The van der Waals surface area contributed by atoms with Gasteiger partial charge >= 0.3 is 18.2 Å². The summed E-state index contributed by atoms with van der Waals surface area (Å²) >= 11 is 0. The van der Waals surface area contributed by atoms with Gasteiger partial charge in [0, 0.05) is 25.9 Å². The molecule has 8 nitrogen and oxygen atoms in total. The molecule has 31 heavy (non-hydrogen) atoms. The first-order valence-electron chi connectivity index (χ1n) is 10.1. The predicted molar refractivity (Wildman–Crippen MR) is 114 cm³/mol. The number of hydrogen-bond acceptors (Lipinski definition) is 6. The van der Waals surface area contributed by atoms with E-state index < -0.39 is 12.2 Å². The molecule has 0 aliphatic carbocycles. The number of benzene rings is 2. The molecule has 0 unspecified atom stereocenters. The molecule has 2 aromatic carbocycles. The largest absolute Gasteiger partial charge is 0.466 e. The third-order valence-corrected chi connectivity index (χ3v) is 4.30. The summed E-state index contributed by atoms with van der Waals surface area (Å²) in [4.78, 5) is 34.7. The molecule has 0 aliphatic rings. The standard InChI is InChI=1S/C23H28N2O6/c1-29-22(27)24-16-19-9-5-10-20(15-19)17-25-23(28)31-14-6-13-30-21(26)12-11-18-7-3-2-4-8-18/h2-5,7-10,15H,6,11-14,16-17H2,1H3,(H,24,27)(H,25,28). The highest BCUT2D eigenvalue weighted by atomic mass is 16.6. The maximum Gasteiger partial charge on any atom is 0.407 e. The van der Waals surface area contributed by atoms with E-state index in [9.17, 15) is 14.4 Å². The van der Waals surface area contributed by atoms with Gasteiger partial charge in [0.2, 0.25) is 0 Å². The Balaban J connectivity index is 1.55. The van der Waals surface area contributed by atoms with Crippen molar-refractivity contribution in [3.05, 3.63) is 71.3 Å². The lowest BCUT2D eigenvalue weighted by atomic mass is 10.1. The molecular formula is C23H28N2O6. The van der Waals surface area contributed by atoms with Gasteiger partial charge in [0.1, 0.15) is 0 Å². The fourth-order valence-corrected chi connectivity index (χ4v) is 2.69. The van der Waals surface area contributed by atoms with E-state index in [4.69, 9.17) is 9.47 Å². The number of carbonyl (C=O) groups is 3. The van der Waals surface area contributed by atoms with Gasteiger partial charge in [-0.1, -0.05) is 54.6 Å². The molecule has 0 atom stereocenters. The number of ether oxygens (including phenoxy) is 3. The molecule has 0 fully saturated rings. The Labute approximate surface area is 181 Å².